The maximum absolute atomic E-state index is 6.09. The first-order valence-electron chi connectivity index (χ1n) is 9.96. The Balaban J connectivity index is 1.49. The Morgan fingerprint density at radius 3 is 2.81 bits per heavy atom. The van der Waals surface area contributed by atoms with E-state index in [0.717, 1.165) is 25.0 Å². The fourth-order valence-corrected chi connectivity index (χ4v) is 4.38. The monoisotopic (exact) mass is 358 g/mol. The minimum absolute atomic E-state index is 0.0782. The van der Waals surface area contributed by atoms with Gasteiger partial charge in [-0.15, -0.1) is 5.10 Å². The number of hydrogen-bond acceptors (Lipinski definition) is 6. The largest absolute Gasteiger partial charge is 0.459 e. The third-order valence-electron chi connectivity index (χ3n) is 6.10. The highest BCUT2D eigenvalue weighted by molar-refractivity contribution is 5.59. The minimum Gasteiger partial charge on any atom is -0.459 e. The lowest BCUT2D eigenvalue weighted by Gasteiger charge is -2.47. The highest BCUT2D eigenvalue weighted by Gasteiger charge is 2.40. The smallest absolute Gasteiger partial charge is 0.336 e. The van der Waals surface area contributed by atoms with Crippen LogP contribution in [0, 0.1) is 11.3 Å². The summed E-state index contributed by atoms with van der Waals surface area (Å²) in [6, 6.07) is 0.346. The van der Waals surface area contributed by atoms with Gasteiger partial charge in [-0.1, -0.05) is 13.3 Å². The van der Waals surface area contributed by atoms with E-state index < -0.39 is 0 Å². The van der Waals surface area contributed by atoms with Crippen LogP contribution in [0.5, 0.6) is 6.01 Å². The average molecular weight is 358 g/mol. The van der Waals surface area contributed by atoms with Crippen LogP contribution in [0.2, 0.25) is 0 Å². The molecule has 1 atom stereocenters. The molecule has 0 aromatic carbocycles. The summed E-state index contributed by atoms with van der Waals surface area (Å²) < 4.78 is 7.69. The van der Waals surface area contributed by atoms with E-state index in [9.17, 15) is 0 Å². The predicted molar refractivity (Wildman–Crippen MR) is 101 cm³/mol. The molecule has 2 fully saturated rings. The summed E-state index contributed by atoms with van der Waals surface area (Å²) in [5.41, 5.74) is 8.43. The van der Waals surface area contributed by atoms with Gasteiger partial charge in [0.25, 0.3) is 0 Å². The van der Waals surface area contributed by atoms with Gasteiger partial charge in [-0.05, 0) is 56.8 Å². The molecule has 4 rings (SSSR count). The summed E-state index contributed by atoms with van der Waals surface area (Å²) in [5.74, 6) is 1.08. The molecule has 7 heteroatoms. The number of hydrogen-bond donors (Lipinski definition) is 2. The molecule has 7 nitrogen and oxygen atoms in total. The van der Waals surface area contributed by atoms with Crippen LogP contribution in [0.25, 0.3) is 5.65 Å². The molecule has 2 aromatic heterocycles. The van der Waals surface area contributed by atoms with E-state index in [4.69, 9.17) is 10.5 Å². The Morgan fingerprint density at radius 1 is 1.38 bits per heavy atom. The molecule has 0 unspecified atom stereocenters. The minimum atomic E-state index is 0.0782. The second-order valence-corrected chi connectivity index (χ2v) is 8.23. The van der Waals surface area contributed by atoms with E-state index in [1.807, 2.05) is 17.6 Å². The third-order valence-corrected chi connectivity index (χ3v) is 6.10. The Morgan fingerprint density at radius 2 is 2.15 bits per heavy atom. The van der Waals surface area contributed by atoms with Gasteiger partial charge >= 0.3 is 6.01 Å². The van der Waals surface area contributed by atoms with Gasteiger partial charge in [0.2, 0.25) is 0 Å². The fourth-order valence-electron chi connectivity index (χ4n) is 4.38. The Labute approximate surface area is 154 Å². The van der Waals surface area contributed by atoms with Crippen molar-refractivity contribution in [3.05, 3.63) is 11.9 Å². The standard InChI is InChI=1S/C19H30N6O/c1-3-4-13(2)26-18-23-16(20)17-22-10-15(25(17)24-18)9-14-5-7-19(8-6-14)11-21-12-19/h10,13-14,21H,3-9,11-12H2,1-2H3,(H2,20,23,24)/t13-/m0/s1. The lowest BCUT2D eigenvalue weighted by molar-refractivity contribution is 0.0814. The van der Waals surface area contributed by atoms with Gasteiger partial charge in [0, 0.05) is 13.1 Å². The topological polar surface area (TPSA) is 90.4 Å². The van der Waals surface area contributed by atoms with Crippen molar-refractivity contribution >= 4 is 11.5 Å². The molecule has 1 spiro atoms. The van der Waals surface area contributed by atoms with E-state index >= 15 is 0 Å². The molecule has 2 aromatic rings. The van der Waals surface area contributed by atoms with Gasteiger partial charge in [0.15, 0.2) is 11.5 Å². The van der Waals surface area contributed by atoms with Gasteiger partial charge in [-0.2, -0.15) is 4.98 Å². The summed E-state index contributed by atoms with van der Waals surface area (Å²) in [7, 11) is 0. The zero-order valence-corrected chi connectivity index (χ0v) is 15.9. The molecule has 26 heavy (non-hydrogen) atoms. The number of fused-ring (bicyclic) bond motifs is 1. The molecular formula is C19H30N6O. The predicted octanol–water partition coefficient (Wildman–Crippen LogP) is 2.60. The number of ether oxygens (including phenoxy) is 1. The lowest BCUT2D eigenvalue weighted by Crippen LogP contribution is -2.54. The van der Waals surface area contributed by atoms with E-state index in [0.29, 0.717) is 28.8 Å². The van der Waals surface area contributed by atoms with Crippen molar-refractivity contribution in [3.8, 4) is 6.01 Å². The van der Waals surface area contributed by atoms with Crippen molar-refractivity contribution in [1.29, 1.82) is 0 Å². The van der Waals surface area contributed by atoms with E-state index in [1.54, 1.807) is 0 Å². The molecular weight excluding hydrogens is 328 g/mol. The molecule has 1 aliphatic heterocycles. The van der Waals surface area contributed by atoms with Crippen molar-refractivity contribution in [3.63, 3.8) is 0 Å². The third kappa shape index (κ3) is 3.37. The fraction of sp³-hybridized carbons (Fsp3) is 0.737. The number of rotatable bonds is 6. The highest BCUT2D eigenvalue weighted by atomic mass is 16.5. The zero-order valence-electron chi connectivity index (χ0n) is 15.9. The number of anilines is 1. The van der Waals surface area contributed by atoms with Gasteiger partial charge in [0.05, 0.1) is 18.0 Å². The molecule has 3 N–H and O–H groups in total. The van der Waals surface area contributed by atoms with Crippen molar-refractivity contribution in [2.24, 2.45) is 11.3 Å². The van der Waals surface area contributed by atoms with Crippen LogP contribution in [0.1, 0.15) is 58.1 Å². The number of nitrogen functional groups attached to an aromatic ring is 1. The molecule has 0 radical (unpaired) electrons. The number of nitrogens with two attached hydrogens (primary N) is 1. The summed E-state index contributed by atoms with van der Waals surface area (Å²) >= 11 is 0. The Kier molecular flexibility index (Phi) is 4.73. The van der Waals surface area contributed by atoms with Crippen LogP contribution < -0.4 is 15.8 Å². The first-order chi connectivity index (χ1) is 12.6. The number of aromatic nitrogens is 4. The molecule has 0 bridgehead atoms. The number of imidazole rings is 1. The number of nitrogens with zero attached hydrogens (tertiary/aromatic N) is 4. The van der Waals surface area contributed by atoms with Crippen LogP contribution in [-0.4, -0.2) is 38.8 Å². The van der Waals surface area contributed by atoms with Gasteiger partial charge in [-0.3, -0.25) is 0 Å². The molecule has 1 aliphatic carbocycles. The highest BCUT2D eigenvalue weighted by Crippen LogP contribution is 2.42. The normalized spacial score (nSPS) is 21.0. The second kappa shape index (κ2) is 7.02. The average Bonchev–Trinajstić information content (AvgIpc) is 2.98. The van der Waals surface area contributed by atoms with Crippen molar-refractivity contribution in [1.82, 2.24) is 24.9 Å². The first kappa shape index (κ1) is 17.5. The van der Waals surface area contributed by atoms with Crippen LogP contribution >= 0.6 is 0 Å². The van der Waals surface area contributed by atoms with E-state index in [2.05, 4.69) is 27.3 Å². The Hall–Kier alpha value is -1.89. The van der Waals surface area contributed by atoms with Crippen LogP contribution in [-0.2, 0) is 6.42 Å². The molecule has 0 amide bonds. The maximum Gasteiger partial charge on any atom is 0.336 e. The van der Waals surface area contributed by atoms with Crippen molar-refractivity contribution < 1.29 is 4.74 Å². The molecule has 1 saturated carbocycles. The van der Waals surface area contributed by atoms with E-state index in [1.165, 1.54) is 38.8 Å². The van der Waals surface area contributed by atoms with Gasteiger partial charge in [0.1, 0.15) is 0 Å². The van der Waals surface area contributed by atoms with Crippen LogP contribution in [0.15, 0.2) is 6.20 Å². The maximum atomic E-state index is 6.09. The number of nitrogens with one attached hydrogen (secondary N) is 1. The molecule has 2 aliphatic rings. The van der Waals surface area contributed by atoms with Crippen molar-refractivity contribution in [2.45, 2.75) is 64.9 Å². The summed E-state index contributed by atoms with van der Waals surface area (Å²) in [4.78, 5) is 8.72. The zero-order chi connectivity index (χ0) is 18.1. The SMILES string of the molecule is CCC[C@H](C)Oc1nc(N)c2ncc(CC3CCC4(CC3)CNC4)n2n1. The van der Waals surface area contributed by atoms with Gasteiger partial charge in [-0.25, -0.2) is 9.50 Å². The molecule has 3 heterocycles. The summed E-state index contributed by atoms with van der Waals surface area (Å²) in [6.07, 6.45) is 10.2. The molecule has 1 saturated heterocycles. The summed E-state index contributed by atoms with van der Waals surface area (Å²) in [5, 5.41) is 8.00. The van der Waals surface area contributed by atoms with Crippen molar-refractivity contribution in [2.75, 3.05) is 18.8 Å². The van der Waals surface area contributed by atoms with Crippen LogP contribution in [0.3, 0.4) is 0 Å². The van der Waals surface area contributed by atoms with E-state index in [-0.39, 0.29) is 6.10 Å². The quantitative estimate of drug-likeness (QED) is 0.825. The lowest BCUT2D eigenvalue weighted by atomic mass is 9.66. The Bertz CT molecular complexity index is 759. The second-order valence-electron chi connectivity index (χ2n) is 8.23. The van der Waals surface area contributed by atoms with Crippen LogP contribution in [0.4, 0.5) is 5.82 Å². The first-order valence-corrected chi connectivity index (χ1v) is 9.96. The van der Waals surface area contributed by atoms with Gasteiger partial charge < -0.3 is 15.8 Å². The molecule has 142 valence electrons. The summed E-state index contributed by atoms with van der Waals surface area (Å²) in [6.45, 7) is 6.58.